The van der Waals surface area contributed by atoms with Crippen molar-refractivity contribution in [1.29, 1.82) is 0 Å². The Kier molecular flexibility index (Phi) is 3.92. The normalized spacial score (nSPS) is 20.6. The number of β-amino-alcohol motifs (C(OH)–C–C–N with tert-alkyl or cyclic N) is 1. The molecular weight excluding hydrogens is 256 g/mol. The lowest BCUT2D eigenvalue weighted by molar-refractivity contribution is 0.0668. The Morgan fingerprint density at radius 1 is 1.32 bits per heavy atom. The van der Waals surface area contributed by atoms with Gasteiger partial charge in [0.2, 0.25) is 0 Å². The van der Waals surface area contributed by atoms with Crippen molar-refractivity contribution in [1.82, 2.24) is 9.88 Å². The second kappa shape index (κ2) is 5.82. The molecule has 0 radical (unpaired) electrons. The lowest BCUT2D eigenvalue weighted by Gasteiger charge is -2.29. The second-order valence-electron chi connectivity index (χ2n) is 5.02. The number of aromatic nitrogens is 1. The van der Waals surface area contributed by atoms with Crippen molar-refractivity contribution in [3.8, 4) is 11.3 Å². The molecule has 0 aliphatic carbocycles. The van der Waals surface area contributed by atoms with Crippen LogP contribution < -0.4 is 0 Å². The molecule has 2 aromatic rings. The van der Waals surface area contributed by atoms with Crippen molar-refractivity contribution in [3.05, 3.63) is 40.7 Å². The van der Waals surface area contributed by atoms with E-state index in [1.165, 1.54) is 5.56 Å². The number of hydrogen-bond acceptors (Lipinski definition) is 4. The van der Waals surface area contributed by atoms with Crippen LogP contribution in [0.4, 0.5) is 0 Å². The number of aliphatic hydroxyl groups excluding tert-OH is 1. The molecular formula is C15H18N2OS. The summed E-state index contributed by atoms with van der Waals surface area (Å²) in [5.74, 6) is 0. The molecule has 1 saturated heterocycles. The summed E-state index contributed by atoms with van der Waals surface area (Å²) >= 11 is 1.70. The van der Waals surface area contributed by atoms with Gasteiger partial charge < -0.3 is 5.11 Å². The number of piperidine rings is 1. The zero-order chi connectivity index (χ0) is 13.1. The van der Waals surface area contributed by atoms with E-state index in [-0.39, 0.29) is 6.10 Å². The number of benzene rings is 1. The minimum Gasteiger partial charge on any atom is -0.392 e. The van der Waals surface area contributed by atoms with Gasteiger partial charge in [-0.05, 0) is 19.4 Å². The molecule has 0 saturated carbocycles. The van der Waals surface area contributed by atoms with E-state index in [1.54, 1.807) is 11.3 Å². The molecule has 0 spiro atoms. The maximum Gasteiger partial charge on any atom is 0.107 e. The Morgan fingerprint density at radius 3 is 2.95 bits per heavy atom. The van der Waals surface area contributed by atoms with Gasteiger partial charge in [-0.1, -0.05) is 30.3 Å². The van der Waals surface area contributed by atoms with Gasteiger partial charge in [0.25, 0.3) is 0 Å². The quantitative estimate of drug-likeness (QED) is 0.935. The summed E-state index contributed by atoms with van der Waals surface area (Å²) in [6.45, 7) is 2.70. The van der Waals surface area contributed by atoms with Crippen LogP contribution in [-0.4, -0.2) is 34.2 Å². The number of likely N-dealkylation sites (tertiary alicyclic amines) is 1. The van der Waals surface area contributed by atoms with Crippen LogP contribution in [0, 0.1) is 0 Å². The van der Waals surface area contributed by atoms with Gasteiger partial charge in [-0.15, -0.1) is 11.3 Å². The molecule has 100 valence electrons. The largest absolute Gasteiger partial charge is 0.392 e. The smallest absolute Gasteiger partial charge is 0.107 e. The van der Waals surface area contributed by atoms with Crippen LogP contribution in [0.25, 0.3) is 11.3 Å². The standard InChI is InChI=1S/C15H18N2OS/c18-13-7-4-8-17(9-13)10-15-16-14(11-19-15)12-5-2-1-3-6-12/h1-3,5-6,11,13,18H,4,7-10H2. The minimum absolute atomic E-state index is 0.165. The van der Waals surface area contributed by atoms with Crippen LogP contribution in [0.15, 0.2) is 35.7 Å². The number of aliphatic hydroxyl groups is 1. The summed E-state index contributed by atoms with van der Waals surface area (Å²) in [7, 11) is 0. The Bertz CT molecular complexity index is 526. The first-order chi connectivity index (χ1) is 9.31. The van der Waals surface area contributed by atoms with Gasteiger partial charge in [0.1, 0.15) is 5.01 Å². The summed E-state index contributed by atoms with van der Waals surface area (Å²) in [5, 5.41) is 12.9. The van der Waals surface area contributed by atoms with Crippen molar-refractivity contribution in [2.45, 2.75) is 25.5 Å². The predicted octanol–water partition coefficient (Wildman–Crippen LogP) is 2.77. The highest BCUT2D eigenvalue weighted by molar-refractivity contribution is 7.09. The highest BCUT2D eigenvalue weighted by atomic mass is 32.1. The summed E-state index contributed by atoms with van der Waals surface area (Å²) in [4.78, 5) is 6.99. The van der Waals surface area contributed by atoms with Crippen molar-refractivity contribution in [2.75, 3.05) is 13.1 Å². The van der Waals surface area contributed by atoms with Gasteiger partial charge in [0.15, 0.2) is 0 Å². The van der Waals surface area contributed by atoms with Crippen molar-refractivity contribution >= 4 is 11.3 Å². The van der Waals surface area contributed by atoms with Crippen LogP contribution in [0.2, 0.25) is 0 Å². The first-order valence-electron chi connectivity index (χ1n) is 6.71. The third kappa shape index (κ3) is 3.21. The molecule has 2 heterocycles. The number of thiazole rings is 1. The van der Waals surface area contributed by atoms with E-state index < -0.39 is 0 Å². The molecule has 1 aliphatic rings. The summed E-state index contributed by atoms with van der Waals surface area (Å²) in [6.07, 6.45) is 1.85. The van der Waals surface area contributed by atoms with Gasteiger partial charge in [-0.25, -0.2) is 4.98 Å². The Hall–Kier alpha value is -1.23. The summed E-state index contributed by atoms with van der Waals surface area (Å²) in [6, 6.07) is 10.3. The van der Waals surface area contributed by atoms with E-state index in [9.17, 15) is 5.11 Å². The van der Waals surface area contributed by atoms with Gasteiger partial charge in [-0.2, -0.15) is 0 Å². The Balaban J connectivity index is 1.68. The van der Waals surface area contributed by atoms with Crippen LogP contribution in [0.3, 0.4) is 0 Å². The Morgan fingerprint density at radius 2 is 2.16 bits per heavy atom. The molecule has 1 aliphatic heterocycles. The van der Waals surface area contributed by atoms with E-state index in [0.717, 1.165) is 43.2 Å². The lowest BCUT2D eigenvalue weighted by Crippen LogP contribution is -2.37. The topological polar surface area (TPSA) is 36.4 Å². The van der Waals surface area contributed by atoms with Gasteiger partial charge in [0.05, 0.1) is 18.3 Å². The van der Waals surface area contributed by atoms with E-state index >= 15 is 0 Å². The third-order valence-electron chi connectivity index (χ3n) is 3.46. The molecule has 4 heteroatoms. The van der Waals surface area contributed by atoms with E-state index in [4.69, 9.17) is 4.98 Å². The van der Waals surface area contributed by atoms with Crippen LogP contribution >= 0.6 is 11.3 Å². The summed E-state index contributed by atoms with van der Waals surface area (Å²) in [5.41, 5.74) is 2.22. The fraction of sp³-hybridized carbons (Fsp3) is 0.400. The fourth-order valence-electron chi connectivity index (χ4n) is 2.49. The first kappa shape index (κ1) is 12.8. The zero-order valence-electron chi connectivity index (χ0n) is 10.8. The molecule has 3 nitrogen and oxygen atoms in total. The average molecular weight is 274 g/mol. The first-order valence-corrected chi connectivity index (χ1v) is 7.59. The van der Waals surface area contributed by atoms with Gasteiger partial charge >= 0.3 is 0 Å². The minimum atomic E-state index is -0.165. The molecule has 1 aromatic carbocycles. The monoisotopic (exact) mass is 274 g/mol. The predicted molar refractivity (Wildman–Crippen MR) is 78.1 cm³/mol. The summed E-state index contributed by atoms with van der Waals surface area (Å²) < 4.78 is 0. The molecule has 1 atom stereocenters. The van der Waals surface area contributed by atoms with Crippen molar-refractivity contribution in [3.63, 3.8) is 0 Å². The zero-order valence-corrected chi connectivity index (χ0v) is 11.6. The van der Waals surface area contributed by atoms with E-state index in [2.05, 4.69) is 22.4 Å². The molecule has 1 aromatic heterocycles. The SMILES string of the molecule is OC1CCCN(Cc2nc(-c3ccccc3)cs2)C1. The van der Waals surface area contributed by atoms with E-state index in [1.807, 2.05) is 18.2 Å². The number of hydrogen-bond donors (Lipinski definition) is 1. The van der Waals surface area contributed by atoms with E-state index in [0.29, 0.717) is 0 Å². The lowest BCUT2D eigenvalue weighted by atomic mass is 10.1. The van der Waals surface area contributed by atoms with Crippen molar-refractivity contribution in [2.24, 2.45) is 0 Å². The molecule has 1 fully saturated rings. The highest BCUT2D eigenvalue weighted by Gasteiger charge is 2.18. The van der Waals surface area contributed by atoms with Crippen LogP contribution in [0.5, 0.6) is 0 Å². The maximum absolute atomic E-state index is 9.68. The van der Waals surface area contributed by atoms with Crippen LogP contribution in [0.1, 0.15) is 17.8 Å². The molecule has 0 bridgehead atoms. The molecule has 3 rings (SSSR count). The number of rotatable bonds is 3. The maximum atomic E-state index is 9.68. The van der Waals surface area contributed by atoms with Gasteiger partial charge in [-0.3, -0.25) is 4.90 Å². The van der Waals surface area contributed by atoms with Crippen LogP contribution in [-0.2, 0) is 6.54 Å². The van der Waals surface area contributed by atoms with Gasteiger partial charge in [0, 0.05) is 17.5 Å². The molecule has 0 amide bonds. The second-order valence-corrected chi connectivity index (χ2v) is 5.97. The fourth-order valence-corrected chi connectivity index (χ4v) is 3.34. The molecule has 19 heavy (non-hydrogen) atoms. The molecule has 1 N–H and O–H groups in total. The third-order valence-corrected chi connectivity index (χ3v) is 4.29. The Labute approximate surface area is 117 Å². The van der Waals surface area contributed by atoms with Crippen molar-refractivity contribution < 1.29 is 5.11 Å². The number of nitrogens with zero attached hydrogens (tertiary/aromatic N) is 2. The average Bonchev–Trinajstić information content (AvgIpc) is 2.88. The molecule has 1 unspecified atom stereocenters. The highest BCUT2D eigenvalue weighted by Crippen LogP contribution is 2.23.